The van der Waals surface area contributed by atoms with Gasteiger partial charge in [-0.1, -0.05) is 84.0 Å². The van der Waals surface area contributed by atoms with Crippen molar-refractivity contribution in [3.63, 3.8) is 0 Å². The summed E-state index contributed by atoms with van der Waals surface area (Å²) in [6, 6.07) is 23.3. The van der Waals surface area contributed by atoms with Gasteiger partial charge in [0.25, 0.3) is 0 Å². The standard InChI is InChI=1S/C30H36ClN5OS/c31-27-20-28(36-17-11-24(12-18-36)19-23-7-3-1-4-8-23)34-30(33-27)38-22-29(37)32-26-13-15-35(16-14-26)21-25-9-5-2-6-10-25/h1-10,20,24,26H,11-19,21-22H2,(H,32,37). The summed E-state index contributed by atoms with van der Waals surface area (Å²) in [6.45, 7) is 4.87. The van der Waals surface area contributed by atoms with Gasteiger partial charge in [0, 0.05) is 44.8 Å². The smallest absolute Gasteiger partial charge is 0.230 e. The van der Waals surface area contributed by atoms with Gasteiger partial charge in [-0.15, -0.1) is 0 Å². The first-order valence-corrected chi connectivity index (χ1v) is 15.0. The molecule has 2 saturated heterocycles. The third-order valence-electron chi connectivity index (χ3n) is 7.50. The highest BCUT2D eigenvalue weighted by molar-refractivity contribution is 7.99. The highest BCUT2D eigenvalue weighted by Gasteiger charge is 2.23. The van der Waals surface area contributed by atoms with E-state index in [4.69, 9.17) is 16.6 Å². The second kappa shape index (κ2) is 13.5. The molecule has 0 radical (unpaired) electrons. The van der Waals surface area contributed by atoms with Crippen molar-refractivity contribution in [1.82, 2.24) is 20.2 Å². The number of likely N-dealkylation sites (tertiary alicyclic amines) is 1. The van der Waals surface area contributed by atoms with Crippen molar-refractivity contribution in [3.8, 4) is 0 Å². The van der Waals surface area contributed by atoms with Gasteiger partial charge in [0.15, 0.2) is 5.16 Å². The van der Waals surface area contributed by atoms with Crippen molar-refractivity contribution in [2.75, 3.05) is 36.8 Å². The first kappa shape index (κ1) is 27.0. The van der Waals surface area contributed by atoms with Crippen LogP contribution in [0.1, 0.15) is 36.8 Å². The normalized spacial score (nSPS) is 17.4. The van der Waals surface area contributed by atoms with Crippen LogP contribution in [0.15, 0.2) is 71.9 Å². The minimum Gasteiger partial charge on any atom is -0.356 e. The molecule has 2 fully saturated rings. The first-order valence-electron chi connectivity index (χ1n) is 13.6. The Kier molecular flexibility index (Phi) is 9.55. The average Bonchev–Trinajstić information content (AvgIpc) is 2.94. The number of hydrogen-bond acceptors (Lipinski definition) is 6. The quantitative estimate of drug-likeness (QED) is 0.217. The molecule has 0 saturated carbocycles. The van der Waals surface area contributed by atoms with Crippen molar-refractivity contribution < 1.29 is 4.79 Å². The summed E-state index contributed by atoms with van der Waals surface area (Å²) >= 11 is 7.71. The molecule has 200 valence electrons. The molecule has 2 aromatic carbocycles. The molecule has 0 aliphatic carbocycles. The van der Waals surface area contributed by atoms with E-state index >= 15 is 0 Å². The maximum Gasteiger partial charge on any atom is 0.230 e. The summed E-state index contributed by atoms with van der Waals surface area (Å²) in [4.78, 5) is 26.5. The number of rotatable bonds is 9. The molecule has 8 heteroatoms. The Hall–Kier alpha value is -2.61. The molecule has 2 aliphatic rings. The van der Waals surface area contributed by atoms with Crippen molar-refractivity contribution in [1.29, 1.82) is 0 Å². The van der Waals surface area contributed by atoms with E-state index < -0.39 is 0 Å². The molecule has 0 bridgehead atoms. The molecule has 2 aliphatic heterocycles. The lowest BCUT2D eigenvalue weighted by Gasteiger charge is -2.33. The number of nitrogens with zero attached hydrogens (tertiary/aromatic N) is 4. The number of amides is 1. The molecule has 1 N–H and O–H groups in total. The van der Waals surface area contributed by atoms with Gasteiger partial charge < -0.3 is 10.2 Å². The van der Waals surface area contributed by atoms with Crippen LogP contribution in [0, 0.1) is 5.92 Å². The van der Waals surface area contributed by atoms with Crippen molar-refractivity contribution in [2.45, 2.75) is 49.8 Å². The van der Waals surface area contributed by atoms with Crippen molar-refractivity contribution in [3.05, 3.63) is 83.0 Å². The average molecular weight is 550 g/mol. The van der Waals surface area contributed by atoms with Crippen LogP contribution in [0.5, 0.6) is 0 Å². The van der Waals surface area contributed by atoms with Gasteiger partial charge >= 0.3 is 0 Å². The maximum absolute atomic E-state index is 12.7. The maximum atomic E-state index is 12.7. The fourth-order valence-corrected chi connectivity index (χ4v) is 6.29. The number of carbonyl (C=O) groups is 1. The fraction of sp³-hybridized carbons (Fsp3) is 0.433. The Morgan fingerprint density at radius 3 is 2.24 bits per heavy atom. The Bertz CT molecular complexity index is 1170. The summed E-state index contributed by atoms with van der Waals surface area (Å²) in [6.07, 6.45) is 5.33. The van der Waals surface area contributed by atoms with E-state index in [-0.39, 0.29) is 11.9 Å². The zero-order valence-electron chi connectivity index (χ0n) is 21.8. The number of anilines is 1. The van der Waals surface area contributed by atoms with E-state index in [1.54, 1.807) is 0 Å². The van der Waals surface area contributed by atoms with Gasteiger partial charge in [-0.2, -0.15) is 0 Å². The molecule has 0 spiro atoms. The van der Waals surface area contributed by atoms with Gasteiger partial charge in [0.2, 0.25) is 5.91 Å². The number of benzene rings is 2. The number of aromatic nitrogens is 2. The van der Waals surface area contributed by atoms with Gasteiger partial charge in [-0.3, -0.25) is 9.69 Å². The highest BCUT2D eigenvalue weighted by Crippen LogP contribution is 2.27. The summed E-state index contributed by atoms with van der Waals surface area (Å²) in [7, 11) is 0. The van der Waals surface area contributed by atoms with E-state index in [2.05, 4.69) is 80.8 Å². The lowest BCUT2D eigenvalue weighted by Crippen LogP contribution is -2.44. The number of hydrogen-bond donors (Lipinski definition) is 1. The third kappa shape index (κ3) is 7.95. The molecule has 3 heterocycles. The molecule has 38 heavy (non-hydrogen) atoms. The number of thioether (sulfide) groups is 1. The molecule has 6 nitrogen and oxygen atoms in total. The van der Waals surface area contributed by atoms with Crippen LogP contribution in [0.25, 0.3) is 0 Å². The zero-order chi connectivity index (χ0) is 26.2. The van der Waals surface area contributed by atoms with Crippen LogP contribution in [-0.2, 0) is 17.8 Å². The van der Waals surface area contributed by atoms with Crippen LogP contribution in [0.2, 0.25) is 5.15 Å². The van der Waals surface area contributed by atoms with Gasteiger partial charge in [0.05, 0.1) is 5.75 Å². The minimum atomic E-state index is 0.0309. The molecular weight excluding hydrogens is 514 g/mol. The SMILES string of the molecule is O=C(CSc1nc(Cl)cc(N2CCC(Cc3ccccc3)CC2)n1)NC1CCN(Cc2ccccc2)CC1. The van der Waals surface area contributed by atoms with Gasteiger partial charge in [-0.25, -0.2) is 9.97 Å². The molecule has 1 amide bonds. The molecule has 0 atom stereocenters. The van der Waals surface area contributed by atoms with E-state index in [0.29, 0.717) is 22.0 Å². The zero-order valence-corrected chi connectivity index (χ0v) is 23.3. The highest BCUT2D eigenvalue weighted by atomic mass is 35.5. The van der Waals surface area contributed by atoms with Gasteiger partial charge in [0.1, 0.15) is 11.0 Å². The van der Waals surface area contributed by atoms with E-state index in [0.717, 1.165) is 70.6 Å². The van der Waals surface area contributed by atoms with Gasteiger partial charge in [-0.05, 0) is 49.1 Å². The van der Waals surface area contributed by atoms with Crippen molar-refractivity contribution >= 4 is 35.1 Å². The molecule has 1 aromatic heterocycles. The Morgan fingerprint density at radius 1 is 0.895 bits per heavy atom. The van der Waals surface area contributed by atoms with E-state index in [1.165, 1.54) is 22.9 Å². The Morgan fingerprint density at radius 2 is 1.55 bits per heavy atom. The van der Waals surface area contributed by atoms with Crippen LogP contribution in [0.3, 0.4) is 0 Å². The predicted molar refractivity (Wildman–Crippen MR) is 156 cm³/mol. The third-order valence-corrected chi connectivity index (χ3v) is 8.54. The number of nitrogens with one attached hydrogen (secondary N) is 1. The summed E-state index contributed by atoms with van der Waals surface area (Å²) in [5.74, 6) is 1.87. The monoisotopic (exact) mass is 549 g/mol. The summed E-state index contributed by atoms with van der Waals surface area (Å²) in [5.41, 5.74) is 2.74. The topological polar surface area (TPSA) is 61.4 Å². The summed E-state index contributed by atoms with van der Waals surface area (Å²) < 4.78 is 0. The summed E-state index contributed by atoms with van der Waals surface area (Å²) in [5, 5.41) is 4.19. The number of halogens is 1. The van der Waals surface area contributed by atoms with E-state index in [1.807, 2.05) is 6.07 Å². The number of carbonyl (C=O) groups excluding carboxylic acids is 1. The Balaban J connectivity index is 1.05. The fourth-order valence-electron chi connectivity index (χ4n) is 5.40. The molecule has 0 unspecified atom stereocenters. The minimum absolute atomic E-state index is 0.0309. The van der Waals surface area contributed by atoms with E-state index in [9.17, 15) is 4.79 Å². The number of piperidine rings is 2. The second-order valence-corrected chi connectivity index (χ2v) is 11.7. The predicted octanol–water partition coefficient (Wildman–Crippen LogP) is 5.46. The lowest BCUT2D eigenvalue weighted by molar-refractivity contribution is -0.119. The van der Waals surface area contributed by atoms with Crippen molar-refractivity contribution in [2.24, 2.45) is 5.92 Å². The van der Waals surface area contributed by atoms with Crippen LogP contribution >= 0.6 is 23.4 Å². The molecule has 3 aromatic rings. The first-order chi connectivity index (χ1) is 18.6. The Labute approximate surface area is 235 Å². The van der Waals surface area contributed by atoms with Crippen LogP contribution < -0.4 is 10.2 Å². The second-order valence-electron chi connectivity index (χ2n) is 10.3. The molecular formula is C30H36ClN5OS. The van der Waals surface area contributed by atoms with Crippen LogP contribution in [0.4, 0.5) is 5.82 Å². The lowest BCUT2D eigenvalue weighted by atomic mass is 9.90. The largest absolute Gasteiger partial charge is 0.356 e. The molecule has 5 rings (SSSR count). The van der Waals surface area contributed by atoms with Crippen LogP contribution in [-0.4, -0.2) is 58.7 Å².